The van der Waals surface area contributed by atoms with Crippen molar-refractivity contribution in [3.05, 3.63) is 0 Å². The van der Waals surface area contributed by atoms with Crippen LogP contribution in [0.4, 0.5) is 0 Å². The second-order valence-electron chi connectivity index (χ2n) is 5.76. The van der Waals surface area contributed by atoms with E-state index in [0.29, 0.717) is 18.9 Å². The Morgan fingerprint density at radius 2 is 2.11 bits per heavy atom. The van der Waals surface area contributed by atoms with Gasteiger partial charge in [0, 0.05) is 13.0 Å². The summed E-state index contributed by atoms with van der Waals surface area (Å²) in [7, 11) is 2.18. The van der Waals surface area contributed by atoms with E-state index in [1.54, 1.807) is 0 Å². The Balaban J connectivity index is 2.01. The lowest BCUT2D eigenvalue weighted by atomic mass is 9.94. The van der Waals surface area contributed by atoms with Gasteiger partial charge in [0.2, 0.25) is 5.91 Å². The second kappa shape index (κ2) is 8.48. The Hall–Kier alpha value is -0.610. The molecule has 1 saturated heterocycles. The van der Waals surface area contributed by atoms with Crippen LogP contribution in [0, 0.1) is 11.8 Å². The first-order chi connectivity index (χ1) is 8.61. The van der Waals surface area contributed by atoms with Crippen molar-refractivity contribution < 1.29 is 4.79 Å². The molecule has 1 fully saturated rings. The number of rotatable bonds is 7. The lowest BCUT2D eigenvalue weighted by Crippen LogP contribution is -2.32. The third-order valence-electron chi connectivity index (χ3n) is 3.98. The molecule has 1 aliphatic rings. The zero-order valence-electron chi connectivity index (χ0n) is 12.0. The number of amides is 1. The first-order valence-electron chi connectivity index (χ1n) is 7.27. The third-order valence-corrected chi connectivity index (χ3v) is 3.98. The number of nitrogens with zero attached hydrogens (tertiary/aromatic N) is 1. The Bertz CT molecular complexity index is 237. The molecular formula is C14H29N3O. The average molecular weight is 255 g/mol. The van der Waals surface area contributed by atoms with Gasteiger partial charge in [0.25, 0.3) is 0 Å². The van der Waals surface area contributed by atoms with Gasteiger partial charge in [-0.05, 0) is 64.2 Å². The molecule has 0 aromatic carbocycles. The molecule has 1 rings (SSSR count). The molecule has 0 aromatic rings. The number of likely N-dealkylation sites (tertiary alicyclic amines) is 1. The smallest absolute Gasteiger partial charge is 0.220 e. The number of nitrogens with two attached hydrogens (primary N) is 1. The molecule has 4 heteroatoms. The molecule has 106 valence electrons. The Labute approximate surface area is 111 Å². The van der Waals surface area contributed by atoms with Crippen LogP contribution in [0.15, 0.2) is 0 Å². The van der Waals surface area contributed by atoms with E-state index in [9.17, 15) is 4.79 Å². The molecule has 18 heavy (non-hydrogen) atoms. The lowest BCUT2D eigenvalue weighted by molar-refractivity contribution is -0.121. The van der Waals surface area contributed by atoms with Gasteiger partial charge >= 0.3 is 0 Å². The summed E-state index contributed by atoms with van der Waals surface area (Å²) in [6.45, 7) is 6.00. The van der Waals surface area contributed by atoms with Gasteiger partial charge in [0.05, 0.1) is 0 Å². The van der Waals surface area contributed by atoms with Gasteiger partial charge in [-0.15, -0.1) is 0 Å². The minimum atomic E-state index is 0.184. The quantitative estimate of drug-likeness (QED) is 0.719. The molecule has 3 N–H and O–H groups in total. The molecule has 1 unspecified atom stereocenters. The molecule has 1 amide bonds. The maximum absolute atomic E-state index is 11.6. The van der Waals surface area contributed by atoms with E-state index in [0.717, 1.165) is 25.3 Å². The summed E-state index contributed by atoms with van der Waals surface area (Å²) in [5.41, 5.74) is 5.53. The van der Waals surface area contributed by atoms with Crippen LogP contribution in [0.2, 0.25) is 0 Å². The fourth-order valence-corrected chi connectivity index (χ4v) is 2.35. The summed E-state index contributed by atoms with van der Waals surface area (Å²) in [5.74, 6) is 1.43. The van der Waals surface area contributed by atoms with Gasteiger partial charge < -0.3 is 16.0 Å². The van der Waals surface area contributed by atoms with Crippen molar-refractivity contribution in [2.24, 2.45) is 17.6 Å². The first-order valence-corrected chi connectivity index (χ1v) is 7.27. The van der Waals surface area contributed by atoms with Crippen LogP contribution in [-0.2, 0) is 4.79 Å². The fourth-order valence-electron chi connectivity index (χ4n) is 2.35. The summed E-state index contributed by atoms with van der Waals surface area (Å²) >= 11 is 0. The molecule has 0 bridgehead atoms. The van der Waals surface area contributed by atoms with Gasteiger partial charge in [-0.2, -0.15) is 0 Å². The van der Waals surface area contributed by atoms with E-state index < -0.39 is 0 Å². The zero-order valence-corrected chi connectivity index (χ0v) is 12.0. The molecule has 0 spiro atoms. The van der Waals surface area contributed by atoms with E-state index in [4.69, 9.17) is 5.73 Å². The molecule has 0 aliphatic carbocycles. The number of hydrogen-bond donors (Lipinski definition) is 2. The number of hydrogen-bond acceptors (Lipinski definition) is 3. The molecule has 0 radical (unpaired) electrons. The van der Waals surface area contributed by atoms with Gasteiger partial charge in [-0.3, -0.25) is 4.79 Å². The summed E-state index contributed by atoms with van der Waals surface area (Å²) in [5, 5.41) is 3.03. The number of carbonyl (C=O) groups excluding carboxylic acids is 1. The molecule has 1 aliphatic heterocycles. The standard InChI is InChI=1S/C14H29N3O/c1-12(11-15)3-4-14(18)16-8-5-13-6-9-17(2)10-7-13/h12-13H,3-11,15H2,1-2H3,(H,16,18). The predicted octanol–water partition coefficient (Wildman–Crippen LogP) is 1.21. The molecule has 0 aromatic heterocycles. The summed E-state index contributed by atoms with van der Waals surface area (Å²) in [6, 6.07) is 0. The summed E-state index contributed by atoms with van der Waals surface area (Å²) < 4.78 is 0. The Kier molecular flexibility index (Phi) is 7.28. The van der Waals surface area contributed by atoms with E-state index in [1.807, 2.05) is 0 Å². The highest BCUT2D eigenvalue weighted by atomic mass is 16.1. The number of nitrogens with one attached hydrogen (secondary N) is 1. The van der Waals surface area contributed by atoms with E-state index in [2.05, 4.69) is 24.2 Å². The maximum Gasteiger partial charge on any atom is 0.220 e. The largest absolute Gasteiger partial charge is 0.356 e. The Morgan fingerprint density at radius 3 is 2.72 bits per heavy atom. The minimum Gasteiger partial charge on any atom is -0.356 e. The third kappa shape index (κ3) is 6.36. The van der Waals surface area contributed by atoms with Gasteiger partial charge in [-0.1, -0.05) is 6.92 Å². The SMILES string of the molecule is CC(CN)CCC(=O)NCCC1CCN(C)CC1. The normalized spacial score (nSPS) is 19.7. The molecule has 0 saturated carbocycles. The van der Waals surface area contributed by atoms with Crippen LogP contribution in [0.25, 0.3) is 0 Å². The van der Waals surface area contributed by atoms with Crippen LogP contribution < -0.4 is 11.1 Å². The molecule has 4 nitrogen and oxygen atoms in total. The monoisotopic (exact) mass is 255 g/mol. The zero-order chi connectivity index (χ0) is 13.4. The summed E-state index contributed by atoms with van der Waals surface area (Å²) in [4.78, 5) is 14.0. The minimum absolute atomic E-state index is 0.184. The summed E-state index contributed by atoms with van der Waals surface area (Å²) in [6.07, 6.45) is 5.20. The van der Waals surface area contributed by atoms with Crippen molar-refractivity contribution in [3.63, 3.8) is 0 Å². The fraction of sp³-hybridized carbons (Fsp3) is 0.929. The van der Waals surface area contributed by atoms with E-state index >= 15 is 0 Å². The van der Waals surface area contributed by atoms with Crippen LogP contribution in [0.5, 0.6) is 0 Å². The molecular weight excluding hydrogens is 226 g/mol. The van der Waals surface area contributed by atoms with Crippen LogP contribution >= 0.6 is 0 Å². The van der Waals surface area contributed by atoms with E-state index in [-0.39, 0.29) is 5.91 Å². The first kappa shape index (κ1) is 15.4. The van der Waals surface area contributed by atoms with Crippen molar-refractivity contribution in [1.82, 2.24) is 10.2 Å². The van der Waals surface area contributed by atoms with Crippen LogP contribution in [0.3, 0.4) is 0 Å². The van der Waals surface area contributed by atoms with Crippen LogP contribution in [0.1, 0.15) is 39.0 Å². The van der Waals surface area contributed by atoms with Gasteiger partial charge in [0.1, 0.15) is 0 Å². The molecule has 1 heterocycles. The van der Waals surface area contributed by atoms with E-state index in [1.165, 1.54) is 25.9 Å². The number of piperidine rings is 1. The van der Waals surface area contributed by atoms with Crippen molar-refractivity contribution in [2.45, 2.75) is 39.0 Å². The number of carbonyl (C=O) groups is 1. The van der Waals surface area contributed by atoms with Crippen molar-refractivity contribution in [1.29, 1.82) is 0 Å². The highest BCUT2D eigenvalue weighted by molar-refractivity contribution is 5.75. The highest BCUT2D eigenvalue weighted by Crippen LogP contribution is 2.18. The van der Waals surface area contributed by atoms with Crippen LogP contribution in [-0.4, -0.2) is 44.0 Å². The maximum atomic E-state index is 11.6. The average Bonchev–Trinajstić information content (AvgIpc) is 2.38. The predicted molar refractivity (Wildman–Crippen MR) is 75.3 cm³/mol. The highest BCUT2D eigenvalue weighted by Gasteiger charge is 2.16. The Morgan fingerprint density at radius 1 is 1.44 bits per heavy atom. The van der Waals surface area contributed by atoms with Gasteiger partial charge in [-0.25, -0.2) is 0 Å². The second-order valence-corrected chi connectivity index (χ2v) is 5.76. The lowest BCUT2D eigenvalue weighted by Gasteiger charge is -2.28. The van der Waals surface area contributed by atoms with Crippen molar-refractivity contribution in [2.75, 3.05) is 33.2 Å². The topological polar surface area (TPSA) is 58.4 Å². The molecule has 1 atom stereocenters. The van der Waals surface area contributed by atoms with Crippen molar-refractivity contribution in [3.8, 4) is 0 Å². The van der Waals surface area contributed by atoms with Crippen molar-refractivity contribution >= 4 is 5.91 Å². The van der Waals surface area contributed by atoms with Gasteiger partial charge in [0.15, 0.2) is 0 Å².